The molecule has 1 N–H and O–H groups in total. The molecule has 120 valence electrons. The third-order valence-electron chi connectivity index (χ3n) is 3.90. The molecule has 22 heavy (non-hydrogen) atoms. The molecular formula is C17H23BrN2OS. The lowest BCUT2D eigenvalue weighted by Crippen LogP contribution is -2.44. The number of nitrogens with zero attached hydrogens (tertiary/aromatic N) is 1. The fourth-order valence-electron chi connectivity index (χ4n) is 2.61. The minimum absolute atomic E-state index is 0.0386. The third-order valence-corrected chi connectivity index (χ3v) is 4.92. The van der Waals surface area contributed by atoms with E-state index in [1.54, 1.807) is 0 Å². The molecule has 1 aliphatic rings. The van der Waals surface area contributed by atoms with Gasteiger partial charge in [-0.05, 0) is 54.6 Å². The molecule has 2 rings (SSSR count). The molecule has 0 bridgehead atoms. The molecule has 0 aliphatic carbocycles. The molecule has 1 aromatic rings. The molecule has 3 nitrogen and oxygen atoms in total. The monoisotopic (exact) mass is 382 g/mol. The van der Waals surface area contributed by atoms with E-state index in [2.05, 4.69) is 46.9 Å². The van der Waals surface area contributed by atoms with Crippen LogP contribution in [0.5, 0.6) is 0 Å². The molecular weight excluding hydrogens is 360 g/mol. The standard InChI is InChI=1S/C17H23BrN2OS/c1-17(2,3)13-8-7-12(11-14(13)18)15(21)19-16(22)20-9-5-4-6-10-20/h7-8,11H,4-6,9-10H2,1-3H3,(H,19,21,22). The van der Waals surface area contributed by atoms with Gasteiger partial charge in [0.1, 0.15) is 0 Å². The van der Waals surface area contributed by atoms with Gasteiger partial charge in [0.2, 0.25) is 0 Å². The van der Waals surface area contributed by atoms with Gasteiger partial charge < -0.3 is 4.90 Å². The van der Waals surface area contributed by atoms with Crippen molar-refractivity contribution in [2.75, 3.05) is 13.1 Å². The van der Waals surface area contributed by atoms with Crippen molar-refractivity contribution < 1.29 is 4.79 Å². The second-order valence-electron chi connectivity index (χ2n) is 6.75. The predicted octanol–water partition coefficient (Wildman–Crippen LogP) is 4.25. The van der Waals surface area contributed by atoms with E-state index in [0.717, 1.165) is 30.4 Å². The first-order chi connectivity index (χ1) is 10.3. The summed E-state index contributed by atoms with van der Waals surface area (Å²) in [6, 6.07) is 5.73. The zero-order valence-electron chi connectivity index (χ0n) is 13.4. The van der Waals surface area contributed by atoms with E-state index < -0.39 is 0 Å². The number of carbonyl (C=O) groups excluding carboxylic acids is 1. The zero-order valence-corrected chi connectivity index (χ0v) is 15.8. The molecule has 0 saturated carbocycles. The maximum Gasteiger partial charge on any atom is 0.257 e. The van der Waals surface area contributed by atoms with Crippen molar-refractivity contribution in [3.63, 3.8) is 0 Å². The summed E-state index contributed by atoms with van der Waals surface area (Å²) in [5.41, 5.74) is 1.85. The van der Waals surface area contributed by atoms with Gasteiger partial charge >= 0.3 is 0 Å². The lowest BCUT2D eigenvalue weighted by molar-refractivity contribution is 0.0972. The van der Waals surface area contributed by atoms with Crippen LogP contribution in [0.4, 0.5) is 0 Å². The Labute approximate surface area is 146 Å². The largest absolute Gasteiger partial charge is 0.349 e. The Balaban J connectivity index is 2.06. The van der Waals surface area contributed by atoms with Crippen molar-refractivity contribution in [2.24, 2.45) is 0 Å². The van der Waals surface area contributed by atoms with E-state index >= 15 is 0 Å². The van der Waals surface area contributed by atoms with Crippen LogP contribution in [0.2, 0.25) is 0 Å². The fourth-order valence-corrected chi connectivity index (χ4v) is 3.86. The number of amides is 1. The van der Waals surface area contributed by atoms with Gasteiger partial charge in [0.05, 0.1) is 0 Å². The van der Waals surface area contributed by atoms with E-state index in [1.165, 1.54) is 12.0 Å². The van der Waals surface area contributed by atoms with Gasteiger partial charge in [-0.1, -0.05) is 42.8 Å². The molecule has 5 heteroatoms. The molecule has 1 saturated heterocycles. The maximum absolute atomic E-state index is 12.4. The minimum Gasteiger partial charge on any atom is -0.349 e. The number of halogens is 1. The highest BCUT2D eigenvalue weighted by Gasteiger charge is 2.20. The molecule has 0 unspecified atom stereocenters. The summed E-state index contributed by atoms with van der Waals surface area (Å²) in [5.74, 6) is -0.142. The molecule has 0 atom stereocenters. The maximum atomic E-state index is 12.4. The number of piperidine rings is 1. The lowest BCUT2D eigenvalue weighted by atomic mass is 9.86. The summed E-state index contributed by atoms with van der Waals surface area (Å²) in [6.07, 6.45) is 3.53. The van der Waals surface area contributed by atoms with Gasteiger partial charge in [-0.3, -0.25) is 10.1 Å². The Kier molecular flexibility index (Phi) is 5.61. The number of hydrogen-bond acceptors (Lipinski definition) is 2. The van der Waals surface area contributed by atoms with Crippen LogP contribution in [0.3, 0.4) is 0 Å². The second kappa shape index (κ2) is 7.09. The molecule has 1 aromatic carbocycles. The Bertz CT molecular complexity index is 575. The first-order valence-electron chi connectivity index (χ1n) is 7.69. The normalized spacial score (nSPS) is 15.5. The number of rotatable bonds is 1. The van der Waals surface area contributed by atoms with E-state index in [0.29, 0.717) is 10.7 Å². The first kappa shape index (κ1) is 17.4. The Morgan fingerprint density at radius 3 is 2.41 bits per heavy atom. The highest BCUT2D eigenvalue weighted by Crippen LogP contribution is 2.30. The quantitative estimate of drug-likeness (QED) is 0.736. The Hall–Kier alpha value is -0.940. The zero-order chi connectivity index (χ0) is 16.3. The van der Waals surface area contributed by atoms with Gasteiger partial charge in [-0.25, -0.2) is 0 Å². The lowest BCUT2D eigenvalue weighted by Gasteiger charge is -2.29. The summed E-state index contributed by atoms with van der Waals surface area (Å²) in [4.78, 5) is 14.4. The van der Waals surface area contributed by atoms with Crippen molar-refractivity contribution in [3.8, 4) is 0 Å². The number of likely N-dealkylation sites (tertiary alicyclic amines) is 1. The average Bonchev–Trinajstić information content (AvgIpc) is 2.46. The Morgan fingerprint density at radius 1 is 1.23 bits per heavy atom. The first-order valence-corrected chi connectivity index (χ1v) is 8.89. The molecule has 0 aromatic heterocycles. The summed E-state index contributed by atoms with van der Waals surface area (Å²) in [6.45, 7) is 8.33. The summed E-state index contributed by atoms with van der Waals surface area (Å²) < 4.78 is 0.955. The molecule has 1 heterocycles. The van der Waals surface area contributed by atoms with Gasteiger partial charge in [0, 0.05) is 23.1 Å². The Morgan fingerprint density at radius 2 is 1.86 bits per heavy atom. The van der Waals surface area contributed by atoms with E-state index in [4.69, 9.17) is 12.2 Å². The van der Waals surface area contributed by atoms with Crippen LogP contribution in [0.1, 0.15) is 56.0 Å². The predicted molar refractivity (Wildman–Crippen MR) is 98.3 cm³/mol. The van der Waals surface area contributed by atoms with Crippen LogP contribution in [-0.4, -0.2) is 29.0 Å². The summed E-state index contributed by atoms with van der Waals surface area (Å²) >= 11 is 8.92. The average molecular weight is 383 g/mol. The van der Waals surface area contributed by atoms with Crippen LogP contribution >= 0.6 is 28.1 Å². The smallest absolute Gasteiger partial charge is 0.257 e. The van der Waals surface area contributed by atoms with E-state index in [-0.39, 0.29) is 11.3 Å². The number of carbonyl (C=O) groups is 1. The number of nitrogens with one attached hydrogen (secondary N) is 1. The molecule has 0 radical (unpaired) electrons. The van der Waals surface area contributed by atoms with Crippen molar-refractivity contribution >= 4 is 39.2 Å². The summed E-state index contributed by atoms with van der Waals surface area (Å²) in [7, 11) is 0. The van der Waals surface area contributed by atoms with Gasteiger partial charge in [-0.15, -0.1) is 0 Å². The molecule has 1 aliphatic heterocycles. The van der Waals surface area contributed by atoms with Gasteiger partial charge in [-0.2, -0.15) is 0 Å². The fraction of sp³-hybridized carbons (Fsp3) is 0.529. The molecule has 0 spiro atoms. The van der Waals surface area contributed by atoms with Crippen LogP contribution in [0.25, 0.3) is 0 Å². The van der Waals surface area contributed by atoms with Gasteiger partial charge in [0.15, 0.2) is 5.11 Å². The highest BCUT2D eigenvalue weighted by molar-refractivity contribution is 9.10. The van der Waals surface area contributed by atoms with E-state index in [1.807, 2.05) is 18.2 Å². The van der Waals surface area contributed by atoms with Crippen LogP contribution < -0.4 is 5.32 Å². The minimum atomic E-state index is -0.142. The van der Waals surface area contributed by atoms with Crippen molar-refractivity contribution in [1.82, 2.24) is 10.2 Å². The summed E-state index contributed by atoms with van der Waals surface area (Å²) in [5, 5.41) is 3.39. The number of benzene rings is 1. The third kappa shape index (κ3) is 4.29. The SMILES string of the molecule is CC(C)(C)c1ccc(C(=O)NC(=S)N2CCCCC2)cc1Br. The molecule has 1 fully saturated rings. The number of hydrogen-bond donors (Lipinski definition) is 1. The molecule has 1 amide bonds. The van der Waals surface area contributed by atoms with Crippen molar-refractivity contribution in [2.45, 2.75) is 45.4 Å². The second-order valence-corrected chi connectivity index (χ2v) is 7.99. The van der Waals surface area contributed by atoms with Crippen LogP contribution in [-0.2, 0) is 5.41 Å². The van der Waals surface area contributed by atoms with E-state index in [9.17, 15) is 4.79 Å². The van der Waals surface area contributed by atoms with Gasteiger partial charge in [0.25, 0.3) is 5.91 Å². The van der Waals surface area contributed by atoms with Crippen LogP contribution in [0, 0.1) is 0 Å². The van der Waals surface area contributed by atoms with Crippen molar-refractivity contribution in [1.29, 1.82) is 0 Å². The topological polar surface area (TPSA) is 32.3 Å². The van der Waals surface area contributed by atoms with Crippen molar-refractivity contribution in [3.05, 3.63) is 33.8 Å². The van der Waals surface area contributed by atoms with Crippen LogP contribution in [0.15, 0.2) is 22.7 Å². The highest BCUT2D eigenvalue weighted by atomic mass is 79.9. The number of thiocarbonyl (C=S) groups is 1.